The summed E-state index contributed by atoms with van der Waals surface area (Å²) in [4.78, 5) is 14.2. The molecule has 0 fully saturated rings. The molecule has 0 bridgehead atoms. The third kappa shape index (κ3) is 5.33. The summed E-state index contributed by atoms with van der Waals surface area (Å²) < 4.78 is 0. The summed E-state index contributed by atoms with van der Waals surface area (Å²) in [5.74, 6) is 0.337. The first-order valence-electron chi connectivity index (χ1n) is 7.56. The van der Waals surface area contributed by atoms with E-state index < -0.39 is 0 Å². The molecule has 0 saturated heterocycles. The number of carbonyl (C=O) groups excluding carboxylic acids is 1. The lowest BCUT2D eigenvalue weighted by Gasteiger charge is -2.25. The molecular weight excluding hydrogens is 248 g/mol. The summed E-state index contributed by atoms with van der Waals surface area (Å²) in [6, 6.07) is 10.8. The van der Waals surface area contributed by atoms with E-state index in [4.69, 9.17) is 0 Å². The summed E-state index contributed by atoms with van der Waals surface area (Å²) in [5.41, 5.74) is 1.31. The Morgan fingerprint density at radius 3 is 2.25 bits per heavy atom. The van der Waals surface area contributed by atoms with Gasteiger partial charge in [-0.05, 0) is 38.9 Å². The Hall–Kier alpha value is -1.35. The normalized spacial score (nSPS) is 12.7. The van der Waals surface area contributed by atoms with Crippen molar-refractivity contribution in [1.29, 1.82) is 0 Å². The molecule has 3 nitrogen and oxygen atoms in total. The van der Waals surface area contributed by atoms with Gasteiger partial charge in [0.2, 0.25) is 5.91 Å². The lowest BCUT2D eigenvalue weighted by molar-refractivity contribution is -0.125. The van der Waals surface area contributed by atoms with Gasteiger partial charge in [0.25, 0.3) is 0 Å². The Balaban J connectivity index is 2.54. The van der Waals surface area contributed by atoms with Crippen molar-refractivity contribution in [3.05, 3.63) is 35.9 Å². The molecular formula is C17H28N2O. The first-order valence-corrected chi connectivity index (χ1v) is 7.56. The van der Waals surface area contributed by atoms with Gasteiger partial charge in [-0.3, -0.25) is 4.79 Å². The molecule has 0 spiro atoms. The van der Waals surface area contributed by atoms with Crippen molar-refractivity contribution in [2.75, 3.05) is 20.6 Å². The van der Waals surface area contributed by atoms with Crippen molar-refractivity contribution in [2.45, 2.75) is 39.2 Å². The quantitative estimate of drug-likeness (QED) is 0.792. The van der Waals surface area contributed by atoms with Crippen LogP contribution in [0.15, 0.2) is 30.3 Å². The first kappa shape index (κ1) is 16.7. The van der Waals surface area contributed by atoms with Crippen molar-refractivity contribution in [3.63, 3.8) is 0 Å². The highest BCUT2D eigenvalue weighted by molar-refractivity contribution is 5.78. The molecule has 0 aliphatic rings. The van der Waals surface area contributed by atoms with Crippen LogP contribution < -0.4 is 5.32 Å². The summed E-state index contributed by atoms with van der Waals surface area (Å²) >= 11 is 0. The number of rotatable bonds is 8. The molecule has 0 heterocycles. The number of hydrogen-bond acceptors (Lipinski definition) is 2. The van der Waals surface area contributed by atoms with Gasteiger partial charge in [0.15, 0.2) is 0 Å². The maximum atomic E-state index is 12.1. The standard InChI is InChI=1S/C17H28N2O/c1-5-15(6-2)17(20)18-13-16(19(3)4)12-14-10-8-7-9-11-14/h7-11,15-16H,5-6,12-13H2,1-4H3,(H,18,20). The van der Waals surface area contributed by atoms with Gasteiger partial charge >= 0.3 is 0 Å². The molecule has 0 saturated carbocycles. The fraction of sp³-hybridized carbons (Fsp3) is 0.588. The molecule has 1 unspecified atom stereocenters. The summed E-state index contributed by atoms with van der Waals surface area (Å²) in [6.07, 6.45) is 2.78. The Morgan fingerprint density at radius 1 is 1.15 bits per heavy atom. The molecule has 0 aliphatic heterocycles. The molecule has 0 aliphatic carbocycles. The monoisotopic (exact) mass is 276 g/mol. The van der Waals surface area contributed by atoms with E-state index in [1.54, 1.807) is 0 Å². The molecule has 20 heavy (non-hydrogen) atoms. The van der Waals surface area contributed by atoms with E-state index in [1.165, 1.54) is 5.56 Å². The van der Waals surface area contributed by atoms with Gasteiger partial charge in [-0.15, -0.1) is 0 Å². The molecule has 1 rings (SSSR count). The van der Waals surface area contributed by atoms with Crippen LogP contribution in [0.1, 0.15) is 32.3 Å². The van der Waals surface area contributed by atoms with Gasteiger partial charge in [-0.25, -0.2) is 0 Å². The average molecular weight is 276 g/mol. The van der Waals surface area contributed by atoms with Gasteiger partial charge in [-0.1, -0.05) is 44.2 Å². The lowest BCUT2D eigenvalue weighted by Crippen LogP contribution is -2.43. The van der Waals surface area contributed by atoms with E-state index >= 15 is 0 Å². The van der Waals surface area contributed by atoms with E-state index in [0.29, 0.717) is 12.6 Å². The first-order chi connectivity index (χ1) is 9.58. The number of amides is 1. The fourth-order valence-electron chi connectivity index (χ4n) is 2.35. The highest BCUT2D eigenvalue weighted by Gasteiger charge is 2.17. The predicted molar refractivity (Wildman–Crippen MR) is 84.7 cm³/mol. The molecule has 1 aromatic carbocycles. The number of nitrogens with one attached hydrogen (secondary N) is 1. The smallest absolute Gasteiger partial charge is 0.223 e. The molecule has 1 atom stereocenters. The van der Waals surface area contributed by atoms with Crippen LogP contribution >= 0.6 is 0 Å². The van der Waals surface area contributed by atoms with Gasteiger partial charge in [0, 0.05) is 18.5 Å². The van der Waals surface area contributed by atoms with E-state index in [9.17, 15) is 4.79 Å². The average Bonchev–Trinajstić information content (AvgIpc) is 2.45. The number of nitrogens with zero attached hydrogens (tertiary/aromatic N) is 1. The van der Waals surface area contributed by atoms with Crippen molar-refractivity contribution >= 4 is 5.91 Å². The lowest BCUT2D eigenvalue weighted by atomic mass is 10.0. The van der Waals surface area contributed by atoms with Crippen LogP contribution in [0.3, 0.4) is 0 Å². The highest BCUT2D eigenvalue weighted by atomic mass is 16.1. The second-order valence-corrected chi connectivity index (χ2v) is 5.57. The largest absolute Gasteiger partial charge is 0.354 e. The van der Waals surface area contributed by atoms with E-state index in [1.807, 2.05) is 6.07 Å². The SMILES string of the molecule is CCC(CC)C(=O)NCC(Cc1ccccc1)N(C)C. The minimum Gasteiger partial charge on any atom is -0.354 e. The second-order valence-electron chi connectivity index (χ2n) is 5.57. The summed E-state index contributed by atoms with van der Waals surface area (Å²) in [5, 5.41) is 3.11. The zero-order valence-electron chi connectivity index (χ0n) is 13.2. The maximum Gasteiger partial charge on any atom is 0.223 e. The van der Waals surface area contributed by atoms with Gasteiger partial charge in [0.05, 0.1) is 0 Å². The predicted octanol–water partition coefficient (Wildman–Crippen LogP) is 2.71. The molecule has 112 valence electrons. The molecule has 3 heteroatoms. The molecule has 1 N–H and O–H groups in total. The minimum absolute atomic E-state index is 0.148. The van der Waals surface area contributed by atoms with Gasteiger partial charge < -0.3 is 10.2 Å². The number of carbonyl (C=O) groups is 1. The van der Waals surface area contributed by atoms with Crippen LogP contribution in [0.25, 0.3) is 0 Å². The fourth-order valence-corrected chi connectivity index (χ4v) is 2.35. The maximum absolute atomic E-state index is 12.1. The van der Waals surface area contributed by atoms with Crippen molar-refractivity contribution in [1.82, 2.24) is 10.2 Å². The van der Waals surface area contributed by atoms with Crippen molar-refractivity contribution in [2.24, 2.45) is 5.92 Å². The number of likely N-dealkylation sites (N-methyl/N-ethyl adjacent to an activating group) is 1. The zero-order valence-corrected chi connectivity index (χ0v) is 13.2. The second kappa shape index (κ2) is 8.75. The highest BCUT2D eigenvalue weighted by Crippen LogP contribution is 2.09. The van der Waals surface area contributed by atoms with Gasteiger partial charge in [0.1, 0.15) is 0 Å². The van der Waals surface area contributed by atoms with Crippen molar-refractivity contribution < 1.29 is 4.79 Å². The summed E-state index contributed by atoms with van der Waals surface area (Å²) in [6.45, 7) is 4.85. The topological polar surface area (TPSA) is 32.3 Å². The zero-order chi connectivity index (χ0) is 15.0. The third-order valence-electron chi connectivity index (χ3n) is 3.91. The summed E-state index contributed by atoms with van der Waals surface area (Å²) in [7, 11) is 4.13. The number of hydrogen-bond donors (Lipinski definition) is 1. The van der Waals surface area contributed by atoms with Crippen LogP contribution in [0.4, 0.5) is 0 Å². The Morgan fingerprint density at radius 2 is 1.75 bits per heavy atom. The van der Waals surface area contributed by atoms with Crippen LogP contribution in [-0.4, -0.2) is 37.5 Å². The van der Waals surface area contributed by atoms with Gasteiger partial charge in [-0.2, -0.15) is 0 Å². The molecule has 1 aromatic rings. The Labute approximate surface area is 123 Å². The van der Waals surface area contributed by atoms with Crippen LogP contribution in [-0.2, 0) is 11.2 Å². The molecule has 1 amide bonds. The number of benzene rings is 1. The Bertz CT molecular complexity index is 385. The van der Waals surface area contributed by atoms with E-state index in [2.05, 4.69) is 62.4 Å². The van der Waals surface area contributed by atoms with E-state index in [0.717, 1.165) is 19.3 Å². The third-order valence-corrected chi connectivity index (χ3v) is 3.91. The minimum atomic E-state index is 0.148. The molecule has 0 radical (unpaired) electrons. The van der Waals surface area contributed by atoms with E-state index in [-0.39, 0.29) is 11.8 Å². The van der Waals surface area contributed by atoms with Crippen LogP contribution in [0.5, 0.6) is 0 Å². The molecule has 0 aromatic heterocycles. The van der Waals surface area contributed by atoms with Crippen LogP contribution in [0, 0.1) is 5.92 Å². The van der Waals surface area contributed by atoms with Crippen LogP contribution in [0.2, 0.25) is 0 Å². The Kier molecular flexibility index (Phi) is 7.31. The van der Waals surface area contributed by atoms with Crippen molar-refractivity contribution in [3.8, 4) is 0 Å².